The fourth-order valence-corrected chi connectivity index (χ4v) is 2.38. The molecule has 0 spiro atoms. The number of aromatic nitrogens is 2. The van der Waals surface area contributed by atoms with Gasteiger partial charge < -0.3 is 15.2 Å². The molecule has 7 heteroatoms. The molecule has 24 heavy (non-hydrogen) atoms. The first-order chi connectivity index (χ1) is 11.5. The molecule has 2 N–H and O–H groups in total. The van der Waals surface area contributed by atoms with Crippen LogP contribution in [0.5, 0.6) is 0 Å². The maximum absolute atomic E-state index is 12.1. The number of aryl methyl sites for hydroxylation is 2. The van der Waals surface area contributed by atoms with Gasteiger partial charge in [-0.2, -0.15) is 4.98 Å². The van der Waals surface area contributed by atoms with E-state index in [9.17, 15) is 4.79 Å². The molecule has 3 rings (SSSR count). The Morgan fingerprint density at radius 3 is 2.33 bits per heavy atom. The molecule has 0 unspecified atom stereocenters. The summed E-state index contributed by atoms with van der Waals surface area (Å²) >= 11 is 3.43. The molecule has 2 amide bonds. The van der Waals surface area contributed by atoms with E-state index in [1.165, 1.54) is 0 Å². The molecule has 122 valence electrons. The SMILES string of the molecule is Cc1nc(-c2ccc(NC(=O)Nc3ccc(Br)c(C)c3)cc2)no1. The van der Waals surface area contributed by atoms with Gasteiger partial charge in [-0.25, -0.2) is 4.79 Å². The van der Waals surface area contributed by atoms with Crippen molar-refractivity contribution in [3.63, 3.8) is 0 Å². The van der Waals surface area contributed by atoms with Gasteiger partial charge >= 0.3 is 6.03 Å². The number of carbonyl (C=O) groups is 1. The Kier molecular flexibility index (Phi) is 4.61. The van der Waals surface area contributed by atoms with E-state index in [0.29, 0.717) is 17.4 Å². The zero-order valence-corrected chi connectivity index (χ0v) is 14.7. The van der Waals surface area contributed by atoms with E-state index in [1.54, 1.807) is 19.1 Å². The Bertz CT molecular complexity index is 875. The third-order valence-electron chi connectivity index (χ3n) is 3.34. The fraction of sp³-hybridized carbons (Fsp3) is 0.118. The van der Waals surface area contributed by atoms with Gasteiger partial charge in [-0.1, -0.05) is 21.1 Å². The molecule has 0 aliphatic rings. The van der Waals surface area contributed by atoms with Gasteiger partial charge in [0.2, 0.25) is 11.7 Å². The van der Waals surface area contributed by atoms with Gasteiger partial charge in [0, 0.05) is 28.3 Å². The Hall–Kier alpha value is -2.67. The Labute approximate surface area is 147 Å². The lowest BCUT2D eigenvalue weighted by molar-refractivity contribution is 0.262. The summed E-state index contributed by atoms with van der Waals surface area (Å²) in [6, 6.07) is 12.5. The highest BCUT2D eigenvalue weighted by Crippen LogP contribution is 2.21. The molecule has 0 aliphatic heterocycles. The summed E-state index contributed by atoms with van der Waals surface area (Å²) in [7, 11) is 0. The average molecular weight is 387 g/mol. The summed E-state index contributed by atoms with van der Waals surface area (Å²) in [5.41, 5.74) is 3.27. The van der Waals surface area contributed by atoms with Gasteiger partial charge in [0.25, 0.3) is 0 Å². The quantitative estimate of drug-likeness (QED) is 0.679. The highest BCUT2D eigenvalue weighted by molar-refractivity contribution is 9.10. The van der Waals surface area contributed by atoms with E-state index < -0.39 is 0 Å². The van der Waals surface area contributed by atoms with Crippen molar-refractivity contribution in [1.82, 2.24) is 10.1 Å². The van der Waals surface area contributed by atoms with E-state index in [0.717, 1.165) is 21.3 Å². The highest BCUT2D eigenvalue weighted by atomic mass is 79.9. The van der Waals surface area contributed by atoms with Gasteiger partial charge in [-0.3, -0.25) is 0 Å². The lowest BCUT2D eigenvalue weighted by atomic mass is 10.2. The van der Waals surface area contributed by atoms with Crippen LogP contribution in [0.4, 0.5) is 16.2 Å². The largest absolute Gasteiger partial charge is 0.339 e. The highest BCUT2D eigenvalue weighted by Gasteiger charge is 2.07. The van der Waals surface area contributed by atoms with E-state index in [-0.39, 0.29) is 6.03 Å². The van der Waals surface area contributed by atoms with Crippen LogP contribution >= 0.6 is 15.9 Å². The second kappa shape index (κ2) is 6.84. The smallest absolute Gasteiger partial charge is 0.323 e. The molecular formula is C17H15BrN4O2. The van der Waals surface area contributed by atoms with Crippen LogP contribution in [-0.4, -0.2) is 16.2 Å². The second-order valence-electron chi connectivity index (χ2n) is 5.26. The first-order valence-electron chi connectivity index (χ1n) is 7.26. The molecule has 3 aromatic rings. The topological polar surface area (TPSA) is 80.0 Å². The van der Waals surface area contributed by atoms with Crippen molar-refractivity contribution in [3.8, 4) is 11.4 Å². The number of nitrogens with one attached hydrogen (secondary N) is 2. The number of benzene rings is 2. The molecule has 0 radical (unpaired) electrons. The van der Waals surface area contributed by atoms with Gasteiger partial charge in [-0.05, 0) is 55.0 Å². The third-order valence-corrected chi connectivity index (χ3v) is 4.23. The van der Waals surface area contributed by atoms with Crippen molar-refractivity contribution < 1.29 is 9.32 Å². The summed E-state index contributed by atoms with van der Waals surface area (Å²) < 4.78 is 5.95. The van der Waals surface area contributed by atoms with Gasteiger partial charge in [0.15, 0.2) is 0 Å². The van der Waals surface area contributed by atoms with Crippen LogP contribution in [0.2, 0.25) is 0 Å². The van der Waals surface area contributed by atoms with Crippen molar-refractivity contribution >= 4 is 33.3 Å². The maximum atomic E-state index is 12.1. The normalized spacial score (nSPS) is 10.5. The molecule has 0 atom stereocenters. The average Bonchev–Trinajstić information content (AvgIpc) is 2.98. The van der Waals surface area contributed by atoms with E-state index in [1.807, 2.05) is 37.3 Å². The lowest BCUT2D eigenvalue weighted by Crippen LogP contribution is -2.19. The number of halogens is 1. The zero-order chi connectivity index (χ0) is 17.1. The Morgan fingerprint density at radius 1 is 1.04 bits per heavy atom. The lowest BCUT2D eigenvalue weighted by Gasteiger charge is -2.09. The summed E-state index contributed by atoms with van der Waals surface area (Å²) in [6.07, 6.45) is 0. The van der Waals surface area contributed by atoms with Crippen LogP contribution in [-0.2, 0) is 0 Å². The predicted octanol–water partition coefficient (Wildman–Crippen LogP) is 4.76. The number of urea groups is 1. The van der Waals surface area contributed by atoms with Gasteiger partial charge in [0.1, 0.15) is 0 Å². The fourth-order valence-electron chi connectivity index (χ4n) is 2.14. The van der Waals surface area contributed by atoms with Gasteiger partial charge in [-0.15, -0.1) is 0 Å². The predicted molar refractivity (Wildman–Crippen MR) is 96.0 cm³/mol. The molecule has 1 aromatic heterocycles. The first-order valence-corrected chi connectivity index (χ1v) is 8.05. The van der Waals surface area contributed by atoms with Crippen LogP contribution in [0.15, 0.2) is 51.5 Å². The molecule has 0 saturated carbocycles. The van der Waals surface area contributed by atoms with Crippen molar-refractivity contribution in [2.75, 3.05) is 10.6 Å². The number of rotatable bonds is 3. The van der Waals surface area contributed by atoms with E-state index in [4.69, 9.17) is 4.52 Å². The summed E-state index contributed by atoms with van der Waals surface area (Å²) in [4.78, 5) is 16.2. The molecule has 0 aliphatic carbocycles. The number of hydrogen-bond donors (Lipinski definition) is 2. The van der Waals surface area contributed by atoms with Crippen molar-refractivity contribution in [2.45, 2.75) is 13.8 Å². The Morgan fingerprint density at radius 2 is 1.71 bits per heavy atom. The maximum Gasteiger partial charge on any atom is 0.323 e. The van der Waals surface area contributed by atoms with Crippen LogP contribution in [0, 0.1) is 13.8 Å². The molecule has 0 bridgehead atoms. The third kappa shape index (κ3) is 3.80. The standard InChI is InChI=1S/C17H15BrN4O2/c1-10-9-14(7-8-15(10)18)21-17(23)20-13-5-3-12(4-6-13)16-19-11(2)24-22-16/h3-9H,1-2H3,(H2,20,21,23). The summed E-state index contributed by atoms with van der Waals surface area (Å²) in [6.45, 7) is 3.70. The first kappa shape index (κ1) is 16.2. The van der Waals surface area contributed by atoms with E-state index >= 15 is 0 Å². The minimum absolute atomic E-state index is 0.306. The van der Waals surface area contributed by atoms with Crippen LogP contribution in [0.25, 0.3) is 11.4 Å². The minimum Gasteiger partial charge on any atom is -0.339 e. The van der Waals surface area contributed by atoms with Gasteiger partial charge in [0.05, 0.1) is 0 Å². The molecular weight excluding hydrogens is 372 g/mol. The summed E-state index contributed by atoms with van der Waals surface area (Å²) in [5.74, 6) is 1.03. The van der Waals surface area contributed by atoms with Crippen LogP contribution in [0.3, 0.4) is 0 Å². The Balaban J connectivity index is 1.65. The molecule has 2 aromatic carbocycles. The van der Waals surface area contributed by atoms with Crippen molar-refractivity contribution in [2.24, 2.45) is 0 Å². The monoisotopic (exact) mass is 386 g/mol. The molecule has 0 fully saturated rings. The van der Waals surface area contributed by atoms with E-state index in [2.05, 4.69) is 36.7 Å². The van der Waals surface area contributed by atoms with Crippen molar-refractivity contribution in [1.29, 1.82) is 0 Å². The number of amides is 2. The molecule has 1 heterocycles. The summed E-state index contributed by atoms with van der Waals surface area (Å²) in [5, 5.41) is 9.44. The number of anilines is 2. The molecule has 0 saturated heterocycles. The number of nitrogens with zero attached hydrogens (tertiary/aromatic N) is 2. The second-order valence-corrected chi connectivity index (χ2v) is 6.11. The van der Waals surface area contributed by atoms with Crippen LogP contribution in [0.1, 0.15) is 11.5 Å². The van der Waals surface area contributed by atoms with Crippen LogP contribution < -0.4 is 10.6 Å². The minimum atomic E-state index is -0.306. The molecule has 6 nitrogen and oxygen atoms in total. The zero-order valence-electron chi connectivity index (χ0n) is 13.1. The number of hydrogen-bond acceptors (Lipinski definition) is 4. The number of carbonyl (C=O) groups excluding carboxylic acids is 1. The van der Waals surface area contributed by atoms with Crippen molar-refractivity contribution in [3.05, 3.63) is 58.4 Å².